The molecule has 0 fully saturated rings. The van der Waals surface area contributed by atoms with Gasteiger partial charge in [0.25, 0.3) is 5.91 Å². The highest BCUT2D eigenvalue weighted by Crippen LogP contribution is 2.26. The number of oxazole rings is 1. The first-order valence-corrected chi connectivity index (χ1v) is 10.3. The van der Waals surface area contributed by atoms with Crippen LogP contribution in [0, 0.1) is 0 Å². The van der Waals surface area contributed by atoms with Crippen LogP contribution in [0.2, 0.25) is 0 Å². The third-order valence-corrected chi connectivity index (χ3v) is 5.01. The highest BCUT2D eigenvalue weighted by atomic mass is 16.5. The number of ether oxygens (including phenoxy) is 1. The zero-order valence-corrected chi connectivity index (χ0v) is 17.2. The first-order valence-electron chi connectivity index (χ1n) is 10.3. The van der Waals surface area contributed by atoms with Crippen molar-refractivity contribution >= 4 is 22.7 Å². The first-order chi connectivity index (χ1) is 15.7. The molecule has 0 atom stereocenters. The molecule has 1 N–H and O–H groups in total. The van der Waals surface area contributed by atoms with E-state index in [1.165, 1.54) is 0 Å². The second kappa shape index (κ2) is 8.78. The Kier molecular flexibility index (Phi) is 5.37. The van der Waals surface area contributed by atoms with Crippen LogP contribution in [-0.2, 0) is 6.61 Å². The summed E-state index contributed by atoms with van der Waals surface area (Å²) < 4.78 is 11.7. The van der Waals surface area contributed by atoms with Crippen LogP contribution in [0.25, 0.3) is 22.6 Å². The summed E-state index contributed by atoms with van der Waals surface area (Å²) in [6.07, 6.45) is 0. The van der Waals surface area contributed by atoms with Crippen molar-refractivity contribution in [2.75, 3.05) is 5.32 Å². The van der Waals surface area contributed by atoms with Crippen LogP contribution < -0.4 is 10.1 Å². The number of carbonyl (C=O) groups excluding carboxylic acids is 1. The molecule has 0 saturated carbocycles. The number of carbonyl (C=O) groups is 1. The number of hydrogen-bond donors (Lipinski definition) is 1. The summed E-state index contributed by atoms with van der Waals surface area (Å²) in [7, 11) is 0. The quantitative estimate of drug-likeness (QED) is 0.349. The van der Waals surface area contributed by atoms with Crippen LogP contribution in [0.5, 0.6) is 5.75 Å². The standard InChI is InChI=1S/C27H20N2O3/c30-26(20-10-7-13-23(17-20)31-18-19-8-2-1-3-9-19)28-22-12-6-11-21(16-22)27-29-24-14-4-5-15-25(24)32-27/h1-17H,18H2,(H,28,30). The van der Waals surface area contributed by atoms with E-state index in [4.69, 9.17) is 9.15 Å². The summed E-state index contributed by atoms with van der Waals surface area (Å²) in [5.74, 6) is 0.935. The SMILES string of the molecule is O=C(Nc1cccc(-c2nc3ccccc3o2)c1)c1cccc(OCc2ccccc2)c1. The largest absolute Gasteiger partial charge is 0.489 e. The second-order valence-electron chi connectivity index (χ2n) is 7.32. The maximum atomic E-state index is 12.8. The van der Waals surface area contributed by atoms with Gasteiger partial charge in [-0.1, -0.05) is 54.6 Å². The molecule has 1 aromatic heterocycles. The van der Waals surface area contributed by atoms with Crippen molar-refractivity contribution in [2.24, 2.45) is 0 Å². The minimum Gasteiger partial charge on any atom is -0.489 e. The van der Waals surface area contributed by atoms with E-state index in [1.54, 1.807) is 12.1 Å². The van der Waals surface area contributed by atoms with Crippen LogP contribution in [0.1, 0.15) is 15.9 Å². The fourth-order valence-electron chi connectivity index (χ4n) is 3.40. The molecule has 0 aliphatic rings. The van der Waals surface area contributed by atoms with Crippen LogP contribution in [0.3, 0.4) is 0 Å². The molecule has 0 bridgehead atoms. The van der Waals surface area contributed by atoms with Crippen LogP contribution in [-0.4, -0.2) is 10.9 Å². The number of amides is 1. The molecule has 5 rings (SSSR count). The molecular formula is C27H20N2O3. The first kappa shape index (κ1) is 19.6. The van der Waals surface area contributed by atoms with E-state index in [0.29, 0.717) is 29.5 Å². The van der Waals surface area contributed by atoms with Crippen molar-refractivity contribution in [3.8, 4) is 17.2 Å². The molecule has 0 unspecified atom stereocenters. The van der Waals surface area contributed by atoms with Crippen LogP contribution in [0.4, 0.5) is 5.69 Å². The summed E-state index contributed by atoms with van der Waals surface area (Å²) in [4.78, 5) is 17.3. The Hall–Kier alpha value is -4.38. The van der Waals surface area contributed by atoms with E-state index in [1.807, 2.05) is 91.0 Å². The predicted octanol–water partition coefficient (Wildman–Crippen LogP) is 6.33. The summed E-state index contributed by atoms with van der Waals surface area (Å²) in [5, 5.41) is 2.94. The van der Waals surface area contributed by atoms with Gasteiger partial charge in [0.1, 0.15) is 17.9 Å². The highest BCUT2D eigenvalue weighted by molar-refractivity contribution is 6.04. The van der Waals surface area contributed by atoms with E-state index in [2.05, 4.69) is 10.3 Å². The van der Waals surface area contributed by atoms with Crippen molar-refractivity contribution in [2.45, 2.75) is 6.61 Å². The molecule has 0 spiro atoms. The van der Waals surface area contributed by atoms with E-state index in [-0.39, 0.29) is 5.91 Å². The number of nitrogens with zero attached hydrogens (tertiary/aromatic N) is 1. The van der Waals surface area contributed by atoms with E-state index >= 15 is 0 Å². The topological polar surface area (TPSA) is 64.4 Å². The lowest BCUT2D eigenvalue weighted by Crippen LogP contribution is -2.12. The number of benzene rings is 4. The molecule has 5 heteroatoms. The Morgan fingerprint density at radius 2 is 1.66 bits per heavy atom. The number of aromatic nitrogens is 1. The molecule has 0 aliphatic heterocycles. The van der Waals surface area contributed by atoms with Gasteiger partial charge in [-0.05, 0) is 54.1 Å². The summed E-state index contributed by atoms with van der Waals surface area (Å²) in [6, 6.07) is 32.1. The molecular weight excluding hydrogens is 400 g/mol. The number of anilines is 1. The third kappa shape index (κ3) is 4.37. The Bertz CT molecular complexity index is 1340. The molecule has 32 heavy (non-hydrogen) atoms. The minimum absolute atomic E-state index is 0.218. The van der Waals surface area contributed by atoms with E-state index in [9.17, 15) is 4.79 Å². The van der Waals surface area contributed by atoms with Crippen molar-refractivity contribution in [3.63, 3.8) is 0 Å². The Morgan fingerprint density at radius 1 is 0.844 bits per heavy atom. The maximum Gasteiger partial charge on any atom is 0.255 e. The number of fused-ring (bicyclic) bond motifs is 1. The fraction of sp³-hybridized carbons (Fsp3) is 0.0370. The van der Waals surface area contributed by atoms with Crippen molar-refractivity contribution < 1.29 is 13.9 Å². The van der Waals surface area contributed by atoms with E-state index in [0.717, 1.165) is 22.2 Å². The second-order valence-corrected chi connectivity index (χ2v) is 7.32. The van der Waals surface area contributed by atoms with Gasteiger partial charge < -0.3 is 14.5 Å². The highest BCUT2D eigenvalue weighted by Gasteiger charge is 2.11. The third-order valence-electron chi connectivity index (χ3n) is 5.01. The normalized spacial score (nSPS) is 10.8. The minimum atomic E-state index is -0.218. The zero-order valence-electron chi connectivity index (χ0n) is 17.2. The predicted molar refractivity (Wildman–Crippen MR) is 125 cm³/mol. The molecule has 0 radical (unpaired) electrons. The summed E-state index contributed by atoms with van der Waals surface area (Å²) >= 11 is 0. The lowest BCUT2D eigenvalue weighted by Gasteiger charge is -2.09. The maximum absolute atomic E-state index is 12.8. The zero-order chi connectivity index (χ0) is 21.8. The van der Waals surface area contributed by atoms with E-state index < -0.39 is 0 Å². The summed E-state index contributed by atoms with van der Waals surface area (Å²) in [5.41, 5.74) is 4.55. The summed E-state index contributed by atoms with van der Waals surface area (Å²) in [6.45, 7) is 0.443. The number of hydrogen-bond acceptors (Lipinski definition) is 4. The van der Waals surface area contributed by atoms with Gasteiger partial charge in [0, 0.05) is 16.8 Å². The van der Waals surface area contributed by atoms with Gasteiger partial charge in [-0.3, -0.25) is 4.79 Å². The van der Waals surface area contributed by atoms with Crippen molar-refractivity contribution in [1.82, 2.24) is 4.98 Å². The molecule has 1 amide bonds. The average molecular weight is 420 g/mol. The van der Waals surface area contributed by atoms with Gasteiger partial charge >= 0.3 is 0 Å². The molecule has 156 valence electrons. The fourth-order valence-corrected chi connectivity index (χ4v) is 3.40. The Balaban J connectivity index is 1.30. The van der Waals surface area contributed by atoms with Crippen LogP contribution in [0.15, 0.2) is 108 Å². The van der Waals surface area contributed by atoms with Gasteiger partial charge in [-0.2, -0.15) is 0 Å². The van der Waals surface area contributed by atoms with Gasteiger partial charge in [-0.15, -0.1) is 0 Å². The molecule has 0 saturated heterocycles. The number of nitrogens with one attached hydrogen (secondary N) is 1. The molecule has 5 nitrogen and oxygen atoms in total. The lowest BCUT2D eigenvalue weighted by molar-refractivity contribution is 0.102. The van der Waals surface area contributed by atoms with Gasteiger partial charge in [0.2, 0.25) is 5.89 Å². The number of rotatable bonds is 6. The van der Waals surface area contributed by atoms with Crippen molar-refractivity contribution in [1.29, 1.82) is 0 Å². The number of para-hydroxylation sites is 2. The van der Waals surface area contributed by atoms with Gasteiger partial charge in [0.15, 0.2) is 5.58 Å². The van der Waals surface area contributed by atoms with Gasteiger partial charge in [0.05, 0.1) is 0 Å². The Morgan fingerprint density at radius 3 is 2.53 bits per heavy atom. The molecule has 5 aromatic rings. The average Bonchev–Trinajstić information content (AvgIpc) is 3.28. The van der Waals surface area contributed by atoms with Gasteiger partial charge in [-0.25, -0.2) is 4.98 Å². The smallest absolute Gasteiger partial charge is 0.255 e. The lowest BCUT2D eigenvalue weighted by atomic mass is 10.1. The molecule has 4 aromatic carbocycles. The van der Waals surface area contributed by atoms with Crippen molar-refractivity contribution in [3.05, 3.63) is 114 Å². The molecule has 0 aliphatic carbocycles. The molecule has 1 heterocycles. The van der Waals surface area contributed by atoms with Crippen LogP contribution >= 0.6 is 0 Å². The Labute approximate surface area is 185 Å². The monoisotopic (exact) mass is 420 g/mol.